The molecule has 2 aliphatic rings. The van der Waals surface area contributed by atoms with Gasteiger partial charge >= 0.3 is 0 Å². The summed E-state index contributed by atoms with van der Waals surface area (Å²) in [6, 6.07) is 0. The van der Waals surface area contributed by atoms with Crippen LogP contribution < -0.4 is 5.32 Å². The first-order valence-electron chi connectivity index (χ1n) is 7.12. The van der Waals surface area contributed by atoms with Crippen LogP contribution in [-0.2, 0) is 17.9 Å². The standard InChI is InChI=1S/C13H21N5O/c1-2-13(4-3-5-14-9-13)12(19)17-6-7-18-10-15-16-11(18)8-17/h10,14H,2-9H2,1H3. The lowest BCUT2D eigenvalue weighted by atomic mass is 9.77. The van der Waals surface area contributed by atoms with Crippen LogP contribution in [0.3, 0.4) is 0 Å². The van der Waals surface area contributed by atoms with Crippen LogP contribution in [0.15, 0.2) is 6.33 Å². The number of hydrogen-bond acceptors (Lipinski definition) is 4. The van der Waals surface area contributed by atoms with E-state index < -0.39 is 0 Å². The van der Waals surface area contributed by atoms with Crippen molar-refractivity contribution >= 4 is 5.91 Å². The molecule has 6 heteroatoms. The lowest BCUT2D eigenvalue weighted by Gasteiger charge is -2.40. The number of carbonyl (C=O) groups excluding carboxylic acids is 1. The maximum Gasteiger partial charge on any atom is 0.230 e. The van der Waals surface area contributed by atoms with Crippen molar-refractivity contribution in [2.45, 2.75) is 39.3 Å². The molecule has 1 N–H and O–H groups in total. The van der Waals surface area contributed by atoms with E-state index in [0.29, 0.717) is 6.54 Å². The molecule has 0 spiro atoms. The van der Waals surface area contributed by atoms with E-state index in [1.807, 2.05) is 9.47 Å². The minimum Gasteiger partial charge on any atom is -0.333 e. The maximum atomic E-state index is 12.9. The minimum atomic E-state index is -0.208. The SMILES string of the molecule is CCC1(C(=O)N2CCn3cnnc3C2)CCCNC1. The normalized spacial score (nSPS) is 27.1. The summed E-state index contributed by atoms with van der Waals surface area (Å²) in [5.74, 6) is 1.19. The molecule has 1 aromatic heterocycles. The Morgan fingerprint density at radius 2 is 2.42 bits per heavy atom. The molecule has 0 bridgehead atoms. The van der Waals surface area contributed by atoms with E-state index >= 15 is 0 Å². The summed E-state index contributed by atoms with van der Waals surface area (Å²) in [7, 11) is 0. The number of fused-ring (bicyclic) bond motifs is 1. The Balaban J connectivity index is 1.77. The van der Waals surface area contributed by atoms with E-state index in [4.69, 9.17) is 0 Å². The summed E-state index contributed by atoms with van der Waals surface area (Å²) in [4.78, 5) is 14.8. The summed E-state index contributed by atoms with van der Waals surface area (Å²) in [6.45, 7) is 6.14. The van der Waals surface area contributed by atoms with Gasteiger partial charge in [-0.05, 0) is 25.8 Å². The van der Waals surface area contributed by atoms with Gasteiger partial charge in [-0.15, -0.1) is 10.2 Å². The van der Waals surface area contributed by atoms with Gasteiger partial charge in [0.2, 0.25) is 5.91 Å². The lowest BCUT2D eigenvalue weighted by Crippen LogP contribution is -2.53. The largest absolute Gasteiger partial charge is 0.333 e. The molecule has 1 aromatic rings. The highest BCUT2D eigenvalue weighted by Gasteiger charge is 2.41. The molecule has 6 nitrogen and oxygen atoms in total. The third kappa shape index (κ3) is 2.14. The maximum absolute atomic E-state index is 12.9. The van der Waals surface area contributed by atoms with E-state index in [9.17, 15) is 4.79 Å². The summed E-state index contributed by atoms with van der Waals surface area (Å²) in [5.41, 5.74) is -0.208. The Hall–Kier alpha value is -1.43. The molecule has 2 aliphatic heterocycles. The van der Waals surface area contributed by atoms with Gasteiger partial charge in [0.1, 0.15) is 6.33 Å². The van der Waals surface area contributed by atoms with E-state index in [-0.39, 0.29) is 11.3 Å². The van der Waals surface area contributed by atoms with Gasteiger partial charge in [0.05, 0.1) is 12.0 Å². The average Bonchev–Trinajstić information content (AvgIpc) is 2.94. The fraction of sp³-hybridized carbons (Fsp3) is 0.769. The highest BCUT2D eigenvalue weighted by atomic mass is 16.2. The van der Waals surface area contributed by atoms with Gasteiger partial charge in [0, 0.05) is 19.6 Å². The van der Waals surface area contributed by atoms with Crippen LogP contribution >= 0.6 is 0 Å². The Labute approximate surface area is 113 Å². The summed E-state index contributed by atoms with van der Waals surface area (Å²) in [6.07, 6.45) is 4.74. The molecule has 0 radical (unpaired) electrons. The zero-order valence-corrected chi connectivity index (χ0v) is 11.4. The zero-order valence-electron chi connectivity index (χ0n) is 11.4. The van der Waals surface area contributed by atoms with Crippen LogP contribution in [-0.4, -0.2) is 45.2 Å². The number of rotatable bonds is 2. The molecule has 0 aromatic carbocycles. The molecular formula is C13H21N5O. The number of hydrogen-bond donors (Lipinski definition) is 1. The van der Waals surface area contributed by atoms with Crippen LogP contribution in [0.2, 0.25) is 0 Å². The first-order chi connectivity index (χ1) is 9.25. The van der Waals surface area contributed by atoms with Crippen molar-refractivity contribution in [2.24, 2.45) is 5.41 Å². The number of piperidine rings is 1. The van der Waals surface area contributed by atoms with Crippen LogP contribution in [0.1, 0.15) is 32.0 Å². The molecule has 1 saturated heterocycles. The number of nitrogens with zero attached hydrogens (tertiary/aromatic N) is 4. The van der Waals surface area contributed by atoms with Gasteiger partial charge in [-0.25, -0.2) is 0 Å². The van der Waals surface area contributed by atoms with E-state index in [2.05, 4.69) is 22.4 Å². The lowest BCUT2D eigenvalue weighted by molar-refractivity contribution is -0.145. The van der Waals surface area contributed by atoms with E-state index in [1.54, 1.807) is 6.33 Å². The molecule has 0 saturated carbocycles. The minimum absolute atomic E-state index is 0.208. The van der Waals surface area contributed by atoms with Crippen molar-refractivity contribution in [3.8, 4) is 0 Å². The first kappa shape index (κ1) is 12.6. The number of carbonyl (C=O) groups is 1. The fourth-order valence-corrected chi connectivity index (χ4v) is 3.18. The molecule has 19 heavy (non-hydrogen) atoms. The Morgan fingerprint density at radius 1 is 1.53 bits per heavy atom. The van der Waals surface area contributed by atoms with E-state index in [0.717, 1.165) is 51.3 Å². The molecule has 1 atom stereocenters. The van der Waals surface area contributed by atoms with Crippen molar-refractivity contribution < 1.29 is 4.79 Å². The van der Waals surface area contributed by atoms with Crippen molar-refractivity contribution in [1.82, 2.24) is 25.0 Å². The molecule has 1 unspecified atom stereocenters. The number of nitrogens with one attached hydrogen (secondary N) is 1. The zero-order chi connectivity index (χ0) is 13.3. The van der Waals surface area contributed by atoms with Crippen LogP contribution in [0.25, 0.3) is 0 Å². The molecule has 3 rings (SSSR count). The van der Waals surface area contributed by atoms with Gasteiger partial charge < -0.3 is 14.8 Å². The summed E-state index contributed by atoms with van der Waals surface area (Å²) < 4.78 is 2.03. The summed E-state index contributed by atoms with van der Waals surface area (Å²) in [5, 5.41) is 11.4. The predicted octanol–water partition coefficient (Wildman–Crippen LogP) is 0.400. The van der Waals surface area contributed by atoms with Crippen LogP contribution in [0.4, 0.5) is 0 Å². The van der Waals surface area contributed by atoms with Crippen LogP contribution in [0, 0.1) is 5.41 Å². The third-order valence-electron chi connectivity index (χ3n) is 4.53. The quantitative estimate of drug-likeness (QED) is 0.839. The third-order valence-corrected chi connectivity index (χ3v) is 4.53. The van der Waals surface area contributed by atoms with Crippen molar-refractivity contribution in [2.75, 3.05) is 19.6 Å². The number of aromatic nitrogens is 3. The smallest absolute Gasteiger partial charge is 0.230 e. The molecule has 1 amide bonds. The average molecular weight is 263 g/mol. The monoisotopic (exact) mass is 263 g/mol. The van der Waals surface area contributed by atoms with Crippen LogP contribution in [0.5, 0.6) is 0 Å². The highest BCUT2D eigenvalue weighted by molar-refractivity contribution is 5.83. The second kappa shape index (κ2) is 4.92. The Morgan fingerprint density at radius 3 is 3.16 bits per heavy atom. The van der Waals surface area contributed by atoms with Gasteiger partial charge in [0.15, 0.2) is 5.82 Å². The van der Waals surface area contributed by atoms with Gasteiger partial charge in [0.25, 0.3) is 0 Å². The second-order valence-corrected chi connectivity index (χ2v) is 5.58. The van der Waals surface area contributed by atoms with Gasteiger partial charge in [-0.1, -0.05) is 6.92 Å². The topological polar surface area (TPSA) is 63.1 Å². The van der Waals surface area contributed by atoms with Gasteiger partial charge in [-0.3, -0.25) is 4.79 Å². The van der Waals surface area contributed by atoms with Crippen molar-refractivity contribution in [3.05, 3.63) is 12.2 Å². The Bertz CT molecular complexity index is 463. The van der Waals surface area contributed by atoms with Crippen molar-refractivity contribution in [3.63, 3.8) is 0 Å². The highest BCUT2D eigenvalue weighted by Crippen LogP contribution is 2.33. The molecule has 104 valence electrons. The van der Waals surface area contributed by atoms with Gasteiger partial charge in [-0.2, -0.15) is 0 Å². The second-order valence-electron chi connectivity index (χ2n) is 5.58. The molecular weight excluding hydrogens is 242 g/mol. The summed E-state index contributed by atoms with van der Waals surface area (Å²) >= 11 is 0. The predicted molar refractivity (Wildman–Crippen MR) is 70.3 cm³/mol. The first-order valence-corrected chi connectivity index (χ1v) is 7.12. The molecule has 3 heterocycles. The molecule has 0 aliphatic carbocycles. The Kier molecular flexibility index (Phi) is 3.26. The van der Waals surface area contributed by atoms with E-state index in [1.165, 1.54) is 0 Å². The fourth-order valence-electron chi connectivity index (χ4n) is 3.18. The number of amides is 1. The van der Waals surface area contributed by atoms with Crippen molar-refractivity contribution in [1.29, 1.82) is 0 Å². The molecule has 1 fully saturated rings.